The van der Waals surface area contributed by atoms with Crippen LogP contribution in [0.2, 0.25) is 0 Å². The zero-order valence-electron chi connectivity index (χ0n) is 11.1. The molecule has 98 valence electrons. The van der Waals surface area contributed by atoms with Gasteiger partial charge in [0.2, 0.25) is 5.91 Å². The number of nitrogens with two attached hydrogens (primary N) is 1. The number of primary amides is 1. The molecule has 2 N–H and O–H groups in total. The quantitative estimate of drug-likeness (QED) is 0.753. The fraction of sp³-hybridized carbons (Fsp3) is 0.467. The Hall–Kier alpha value is -1.64. The van der Waals surface area contributed by atoms with Crippen LogP contribution in [-0.2, 0) is 11.2 Å². The van der Waals surface area contributed by atoms with Crippen molar-refractivity contribution in [2.24, 2.45) is 11.7 Å². The van der Waals surface area contributed by atoms with Crippen molar-refractivity contribution in [3.05, 3.63) is 35.4 Å². The van der Waals surface area contributed by atoms with Crippen LogP contribution < -0.4 is 5.73 Å². The summed E-state index contributed by atoms with van der Waals surface area (Å²) in [5.41, 5.74) is 7.05. The van der Waals surface area contributed by atoms with Crippen molar-refractivity contribution in [3.63, 3.8) is 0 Å². The van der Waals surface area contributed by atoms with Crippen LogP contribution in [0.3, 0.4) is 0 Å². The summed E-state index contributed by atoms with van der Waals surface area (Å²) in [6, 6.07) is 7.64. The van der Waals surface area contributed by atoms with E-state index in [-0.39, 0.29) is 12.2 Å². The number of hydrogen-bond acceptors (Lipinski definition) is 2. The lowest BCUT2D eigenvalue weighted by molar-refractivity contribution is -0.121. The van der Waals surface area contributed by atoms with Gasteiger partial charge in [0.1, 0.15) is 0 Å². The second-order valence-electron chi connectivity index (χ2n) is 4.73. The number of hydrogen-bond donors (Lipinski definition) is 1. The molecule has 1 aromatic carbocycles. The molecule has 0 bridgehead atoms. The highest BCUT2D eigenvalue weighted by Crippen LogP contribution is 2.12. The first-order chi connectivity index (χ1) is 8.54. The van der Waals surface area contributed by atoms with Crippen LogP contribution in [0.15, 0.2) is 24.3 Å². The molecule has 0 spiro atoms. The molecule has 1 rings (SSSR count). The Morgan fingerprint density at radius 1 is 1.22 bits per heavy atom. The number of rotatable bonds is 7. The van der Waals surface area contributed by atoms with Gasteiger partial charge in [-0.1, -0.05) is 44.5 Å². The zero-order chi connectivity index (χ0) is 13.5. The first-order valence-electron chi connectivity index (χ1n) is 6.46. The first-order valence-corrected chi connectivity index (χ1v) is 6.46. The number of carbonyl (C=O) groups is 2. The van der Waals surface area contributed by atoms with Gasteiger partial charge in [-0.2, -0.15) is 0 Å². The van der Waals surface area contributed by atoms with Crippen LogP contribution in [0.1, 0.15) is 49.0 Å². The summed E-state index contributed by atoms with van der Waals surface area (Å²) in [6.45, 7) is 3.83. The maximum atomic E-state index is 11.9. The average molecular weight is 247 g/mol. The summed E-state index contributed by atoms with van der Waals surface area (Å²) in [5.74, 6) is -0.858. The minimum absolute atomic E-state index is 0.0247. The minimum atomic E-state index is -0.428. The van der Waals surface area contributed by atoms with Gasteiger partial charge in [-0.25, -0.2) is 0 Å². The summed E-state index contributed by atoms with van der Waals surface area (Å²) in [5, 5.41) is 0. The largest absolute Gasteiger partial charge is 0.369 e. The molecular weight excluding hydrogens is 226 g/mol. The maximum Gasteiger partial charge on any atom is 0.220 e. The van der Waals surface area contributed by atoms with Gasteiger partial charge < -0.3 is 5.73 Å². The van der Waals surface area contributed by atoms with E-state index in [1.807, 2.05) is 24.3 Å². The van der Waals surface area contributed by atoms with Crippen LogP contribution in [0.4, 0.5) is 0 Å². The Bertz CT molecular complexity index is 409. The minimum Gasteiger partial charge on any atom is -0.369 e. The number of carbonyl (C=O) groups excluding carboxylic acids is 2. The third kappa shape index (κ3) is 4.32. The molecule has 3 nitrogen and oxygen atoms in total. The van der Waals surface area contributed by atoms with E-state index >= 15 is 0 Å². The van der Waals surface area contributed by atoms with Crippen molar-refractivity contribution in [1.29, 1.82) is 0 Å². The van der Waals surface area contributed by atoms with Gasteiger partial charge >= 0.3 is 0 Å². The highest BCUT2D eigenvalue weighted by molar-refractivity contribution is 5.98. The predicted octanol–water partition coefficient (Wildman–Crippen LogP) is 2.72. The lowest BCUT2D eigenvalue weighted by Gasteiger charge is -2.07. The third-order valence-electron chi connectivity index (χ3n) is 3.07. The molecule has 0 saturated carbocycles. The normalized spacial score (nSPS) is 12.1. The van der Waals surface area contributed by atoms with E-state index in [9.17, 15) is 9.59 Å². The third-order valence-corrected chi connectivity index (χ3v) is 3.07. The maximum absolute atomic E-state index is 11.9. The average Bonchev–Trinajstić information content (AvgIpc) is 2.36. The van der Waals surface area contributed by atoms with Gasteiger partial charge in [0.15, 0.2) is 5.78 Å². The van der Waals surface area contributed by atoms with E-state index in [1.165, 1.54) is 5.56 Å². The molecule has 0 heterocycles. The summed E-state index contributed by atoms with van der Waals surface area (Å²) >= 11 is 0. The Labute approximate surface area is 108 Å². The zero-order valence-corrected chi connectivity index (χ0v) is 11.1. The fourth-order valence-corrected chi connectivity index (χ4v) is 1.73. The Morgan fingerprint density at radius 2 is 1.83 bits per heavy atom. The van der Waals surface area contributed by atoms with Crippen molar-refractivity contribution >= 4 is 11.7 Å². The molecule has 1 unspecified atom stereocenters. The van der Waals surface area contributed by atoms with E-state index in [1.54, 1.807) is 6.92 Å². The number of ketones is 1. The SMILES string of the molecule is CCCCc1ccc(C(=O)CC(C)C(N)=O)cc1. The lowest BCUT2D eigenvalue weighted by atomic mass is 9.98. The standard InChI is InChI=1S/C15H21NO2/c1-3-4-5-12-6-8-13(9-7-12)14(17)10-11(2)15(16)18/h6-9,11H,3-5,10H2,1-2H3,(H2,16,18). The second-order valence-corrected chi connectivity index (χ2v) is 4.73. The lowest BCUT2D eigenvalue weighted by Crippen LogP contribution is -2.23. The van der Waals surface area contributed by atoms with Crippen molar-refractivity contribution < 1.29 is 9.59 Å². The molecule has 0 fully saturated rings. The van der Waals surface area contributed by atoms with Gasteiger partial charge in [0, 0.05) is 17.9 Å². The highest BCUT2D eigenvalue weighted by atomic mass is 16.1. The predicted molar refractivity (Wildman–Crippen MR) is 72.4 cm³/mol. The second kappa shape index (κ2) is 6.94. The number of Topliss-reactive ketones (excluding diaryl/α,β-unsaturated/α-hetero) is 1. The molecule has 18 heavy (non-hydrogen) atoms. The highest BCUT2D eigenvalue weighted by Gasteiger charge is 2.15. The smallest absolute Gasteiger partial charge is 0.220 e. The molecule has 1 amide bonds. The summed E-state index contributed by atoms with van der Waals surface area (Å²) in [6.07, 6.45) is 3.55. The number of aryl methyl sites for hydroxylation is 1. The fourth-order valence-electron chi connectivity index (χ4n) is 1.73. The molecule has 0 radical (unpaired) electrons. The van der Waals surface area contributed by atoms with E-state index in [2.05, 4.69) is 6.92 Å². The van der Waals surface area contributed by atoms with E-state index in [0.717, 1.165) is 19.3 Å². The molecular formula is C15H21NO2. The van der Waals surface area contributed by atoms with Gasteiger partial charge in [-0.15, -0.1) is 0 Å². The van der Waals surface area contributed by atoms with Crippen molar-refractivity contribution in [1.82, 2.24) is 0 Å². The van der Waals surface area contributed by atoms with Gasteiger partial charge in [0.05, 0.1) is 0 Å². The van der Waals surface area contributed by atoms with Crippen molar-refractivity contribution in [2.45, 2.75) is 39.5 Å². The van der Waals surface area contributed by atoms with Crippen LogP contribution in [0.25, 0.3) is 0 Å². The number of benzene rings is 1. The molecule has 0 aliphatic rings. The Morgan fingerprint density at radius 3 is 2.33 bits per heavy atom. The van der Waals surface area contributed by atoms with Crippen molar-refractivity contribution in [2.75, 3.05) is 0 Å². The topological polar surface area (TPSA) is 60.2 Å². The molecule has 1 atom stereocenters. The molecule has 1 aromatic rings. The van der Waals surface area contributed by atoms with Crippen LogP contribution >= 0.6 is 0 Å². The van der Waals surface area contributed by atoms with E-state index < -0.39 is 11.8 Å². The van der Waals surface area contributed by atoms with E-state index in [0.29, 0.717) is 5.56 Å². The first kappa shape index (κ1) is 14.4. The molecule has 0 aromatic heterocycles. The molecule has 3 heteroatoms. The molecule has 0 saturated heterocycles. The summed E-state index contributed by atoms with van der Waals surface area (Å²) < 4.78 is 0. The molecule has 0 aliphatic carbocycles. The van der Waals surface area contributed by atoms with Crippen LogP contribution in [0, 0.1) is 5.92 Å². The molecule has 0 aliphatic heterocycles. The number of unbranched alkanes of at least 4 members (excludes halogenated alkanes) is 1. The monoisotopic (exact) mass is 247 g/mol. The van der Waals surface area contributed by atoms with Gasteiger partial charge in [-0.05, 0) is 18.4 Å². The van der Waals surface area contributed by atoms with Crippen molar-refractivity contribution in [3.8, 4) is 0 Å². The van der Waals surface area contributed by atoms with Gasteiger partial charge in [-0.3, -0.25) is 9.59 Å². The van der Waals surface area contributed by atoms with E-state index in [4.69, 9.17) is 5.73 Å². The summed E-state index contributed by atoms with van der Waals surface area (Å²) in [7, 11) is 0. The van der Waals surface area contributed by atoms with Crippen LogP contribution in [0.5, 0.6) is 0 Å². The summed E-state index contributed by atoms with van der Waals surface area (Å²) in [4.78, 5) is 22.8. The van der Waals surface area contributed by atoms with Crippen LogP contribution in [-0.4, -0.2) is 11.7 Å². The Balaban J connectivity index is 2.61. The Kier molecular flexibility index (Phi) is 5.56. The van der Waals surface area contributed by atoms with Gasteiger partial charge in [0.25, 0.3) is 0 Å². The number of amides is 1.